The summed E-state index contributed by atoms with van der Waals surface area (Å²) in [4.78, 5) is 8.13. The summed E-state index contributed by atoms with van der Waals surface area (Å²) in [5, 5.41) is 10.8. The van der Waals surface area contributed by atoms with Crippen LogP contribution in [-0.4, -0.2) is 55.8 Å². The highest BCUT2D eigenvalue weighted by molar-refractivity contribution is 7.89. The molecule has 2 aromatic rings. The van der Waals surface area contributed by atoms with Crippen molar-refractivity contribution in [3.8, 4) is 0 Å². The number of aromatic nitrogens is 4. The average Bonchev–Trinajstić information content (AvgIpc) is 2.99. The lowest BCUT2D eigenvalue weighted by atomic mass is 10.4. The maximum atomic E-state index is 11.8. The van der Waals surface area contributed by atoms with Crippen molar-refractivity contribution in [3.63, 3.8) is 0 Å². The smallest absolute Gasteiger partial charge is 0.257 e. The molecule has 0 bridgehead atoms. The number of aromatic amines is 1. The van der Waals surface area contributed by atoms with Crippen molar-refractivity contribution in [2.75, 3.05) is 37.4 Å². The highest BCUT2D eigenvalue weighted by Crippen LogP contribution is 2.12. The predicted octanol–water partition coefficient (Wildman–Crippen LogP) is -0.344. The Kier molecular flexibility index (Phi) is 4.70. The molecule has 0 saturated carbocycles. The minimum Gasteiger partial charge on any atom is -0.376 e. The van der Waals surface area contributed by atoms with Gasteiger partial charge in [-0.15, -0.1) is 5.10 Å². The summed E-state index contributed by atoms with van der Waals surface area (Å²) >= 11 is 0. The molecule has 0 radical (unpaired) electrons. The SMILES string of the molecule is CN(C)c1cnnc(NCCNS(=O)(=O)c2cnc[nH]2)c1. The van der Waals surface area contributed by atoms with Crippen molar-refractivity contribution in [1.29, 1.82) is 0 Å². The summed E-state index contributed by atoms with van der Waals surface area (Å²) in [6.45, 7) is 0.605. The Hall–Kier alpha value is -2.20. The summed E-state index contributed by atoms with van der Waals surface area (Å²) < 4.78 is 26.1. The van der Waals surface area contributed by atoms with E-state index < -0.39 is 10.0 Å². The lowest BCUT2D eigenvalue weighted by Gasteiger charge is -2.12. The number of hydrogen-bond acceptors (Lipinski definition) is 7. The zero-order valence-electron chi connectivity index (χ0n) is 11.7. The van der Waals surface area contributed by atoms with Gasteiger partial charge in [-0.3, -0.25) is 0 Å². The van der Waals surface area contributed by atoms with Gasteiger partial charge in [-0.1, -0.05) is 0 Å². The molecular formula is C11H17N7O2S. The summed E-state index contributed by atoms with van der Waals surface area (Å²) in [6, 6.07) is 1.83. The van der Waals surface area contributed by atoms with Crippen LogP contribution < -0.4 is 14.9 Å². The molecule has 0 atom stereocenters. The third-order valence-corrected chi connectivity index (χ3v) is 4.03. The third-order valence-electron chi connectivity index (χ3n) is 2.64. The first kappa shape index (κ1) is 15.2. The van der Waals surface area contributed by atoms with E-state index >= 15 is 0 Å². The van der Waals surface area contributed by atoms with Crippen molar-refractivity contribution < 1.29 is 8.42 Å². The molecule has 114 valence electrons. The second kappa shape index (κ2) is 6.50. The average molecular weight is 311 g/mol. The van der Waals surface area contributed by atoms with Gasteiger partial charge in [0.1, 0.15) is 0 Å². The van der Waals surface area contributed by atoms with E-state index in [-0.39, 0.29) is 11.6 Å². The fourth-order valence-corrected chi connectivity index (χ4v) is 2.46. The van der Waals surface area contributed by atoms with Gasteiger partial charge in [-0.25, -0.2) is 18.1 Å². The van der Waals surface area contributed by atoms with Crippen LogP contribution in [0.25, 0.3) is 0 Å². The van der Waals surface area contributed by atoms with Gasteiger partial charge in [0.25, 0.3) is 10.0 Å². The molecule has 0 aliphatic heterocycles. The molecule has 10 heteroatoms. The van der Waals surface area contributed by atoms with Gasteiger partial charge < -0.3 is 15.2 Å². The number of anilines is 2. The van der Waals surface area contributed by atoms with Gasteiger partial charge in [-0.2, -0.15) is 5.10 Å². The number of rotatable bonds is 7. The Morgan fingerprint density at radius 1 is 1.29 bits per heavy atom. The number of imidazole rings is 1. The number of nitrogens with one attached hydrogen (secondary N) is 3. The van der Waals surface area contributed by atoms with E-state index in [0.29, 0.717) is 12.4 Å². The molecule has 3 N–H and O–H groups in total. The predicted molar refractivity (Wildman–Crippen MR) is 78.6 cm³/mol. The van der Waals surface area contributed by atoms with Gasteiger partial charge in [0.2, 0.25) is 0 Å². The second-order valence-corrected chi connectivity index (χ2v) is 6.17. The van der Waals surface area contributed by atoms with Crippen LogP contribution >= 0.6 is 0 Å². The van der Waals surface area contributed by atoms with Gasteiger partial charge in [-0.05, 0) is 0 Å². The van der Waals surface area contributed by atoms with Crippen molar-refractivity contribution in [2.24, 2.45) is 0 Å². The molecule has 0 aromatic carbocycles. The van der Waals surface area contributed by atoms with Crippen LogP contribution in [0.1, 0.15) is 0 Å². The molecular weight excluding hydrogens is 294 g/mol. The summed E-state index contributed by atoms with van der Waals surface area (Å²) in [5.41, 5.74) is 0.908. The summed E-state index contributed by atoms with van der Waals surface area (Å²) in [5.74, 6) is 0.585. The zero-order chi connectivity index (χ0) is 15.3. The first-order valence-electron chi connectivity index (χ1n) is 6.21. The van der Waals surface area contributed by atoms with Crippen LogP contribution in [0.3, 0.4) is 0 Å². The monoisotopic (exact) mass is 311 g/mol. The van der Waals surface area contributed by atoms with Crippen LogP contribution in [0.15, 0.2) is 29.8 Å². The standard InChI is InChI=1S/C11H17N7O2S/c1-18(2)9-5-10(17-15-6-9)13-3-4-16-21(19,20)11-7-12-8-14-11/h5-8,16H,3-4H2,1-2H3,(H,12,14)(H,13,17). The Morgan fingerprint density at radius 2 is 2.10 bits per heavy atom. The lowest BCUT2D eigenvalue weighted by Crippen LogP contribution is -2.29. The van der Waals surface area contributed by atoms with Gasteiger partial charge in [0, 0.05) is 33.3 Å². The Bertz CT molecular complexity index is 670. The van der Waals surface area contributed by atoms with Crippen molar-refractivity contribution in [3.05, 3.63) is 24.8 Å². The highest BCUT2D eigenvalue weighted by Gasteiger charge is 2.14. The first-order valence-corrected chi connectivity index (χ1v) is 7.69. The molecule has 2 rings (SSSR count). The molecule has 9 nitrogen and oxygen atoms in total. The van der Waals surface area contributed by atoms with Crippen LogP contribution in [0.4, 0.5) is 11.5 Å². The molecule has 0 unspecified atom stereocenters. The third kappa shape index (κ3) is 4.13. The number of hydrogen-bond donors (Lipinski definition) is 3. The van der Waals surface area contributed by atoms with Crippen LogP contribution in [0, 0.1) is 0 Å². The molecule has 2 heterocycles. The van der Waals surface area contributed by atoms with Crippen molar-refractivity contribution in [1.82, 2.24) is 24.9 Å². The maximum absolute atomic E-state index is 11.8. The number of H-pyrrole nitrogens is 1. The zero-order valence-corrected chi connectivity index (χ0v) is 12.6. The van der Waals surface area contributed by atoms with Crippen LogP contribution in [0.5, 0.6) is 0 Å². The first-order chi connectivity index (χ1) is 9.99. The fourth-order valence-electron chi connectivity index (χ4n) is 1.53. The van der Waals surface area contributed by atoms with Gasteiger partial charge >= 0.3 is 0 Å². The second-order valence-electron chi connectivity index (χ2n) is 4.43. The quantitative estimate of drug-likeness (QED) is 0.599. The van der Waals surface area contributed by atoms with Crippen molar-refractivity contribution in [2.45, 2.75) is 5.03 Å². The summed E-state index contributed by atoms with van der Waals surface area (Å²) in [6.07, 6.45) is 4.21. The fraction of sp³-hybridized carbons (Fsp3) is 0.364. The normalized spacial score (nSPS) is 11.3. The highest BCUT2D eigenvalue weighted by atomic mass is 32.2. The topological polar surface area (TPSA) is 116 Å². The lowest BCUT2D eigenvalue weighted by molar-refractivity contribution is 0.579. The Labute approximate surface area is 122 Å². The van der Waals surface area contributed by atoms with Crippen LogP contribution in [-0.2, 0) is 10.0 Å². The van der Waals surface area contributed by atoms with E-state index in [4.69, 9.17) is 0 Å². The van der Waals surface area contributed by atoms with E-state index in [2.05, 4.69) is 30.2 Å². The van der Waals surface area contributed by atoms with Crippen molar-refractivity contribution >= 4 is 21.5 Å². The number of sulfonamides is 1. The molecule has 0 spiro atoms. The Balaban J connectivity index is 1.84. The largest absolute Gasteiger partial charge is 0.376 e. The molecule has 0 aliphatic carbocycles. The maximum Gasteiger partial charge on any atom is 0.257 e. The molecule has 0 saturated heterocycles. The van der Waals surface area contributed by atoms with E-state index in [0.717, 1.165) is 5.69 Å². The molecule has 0 amide bonds. The molecule has 21 heavy (non-hydrogen) atoms. The minimum atomic E-state index is -3.55. The molecule has 0 aliphatic rings. The molecule has 2 aromatic heterocycles. The molecule has 0 fully saturated rings. The number of nitrogens with zero attached hydrogens (tertiary/aromatic N) is 4. The van der Waals surface area contributed by atoms with E-state index in [1.165, 1.54) is 12.5 Å². The van der Waals surface area contributed by atoms with E-state index in [9.17, 15) is 8.42 Å². The van der Waals surface area contributed by atoms with Gasteiger partial charge in [0.05, 0.1) is 24.4 Å². The van der Waals surface area contributed by atoms with E-state index in [1.807, 2.05) is 25.1 Å². The van der Waals surface area contributed by atoms with Crippen LogP contribution in [0.2, 0.25) is 0 Å². The van der Waals surface area contributed by atoms with Gasteiger partial charge in [0.15, 0.2) is 10.8 Å². The Morgan fingerprint density at radius 3 is 2.76 bits per heavy atom. The summed E-state index contributed by atoms with van der Waals surface area (Å²) in [7, 11) is 0.259. The van der Waals surface area contributed by atoms with E-state index in [1.54, 1.807) is 6.20 Å². The minimum absolute atomic E-state index is 0.0388.